The van der Waals surface area contributed by atoms with E-state index in [0.29, 0.717) is 30.2 Å². The number of carbonyl (C=O) groups is 1. The zero-order valence-electron chi connectivity index (χ0n) is 19.5. The van der Waals surface area contributed by atoms with Crippen molar-refractivity contribution in [1.82, 2.24) is 9.88 Å². The van der Waals surface area contributed by atoms with Gasteiger partial charge in [-0.25, -0.2) is 4.98 Å². The first kappa shape index (κ1) is 22.2. The van der Waals surface area contributed by atoms with Crippen molar-refractivity contribution in [2.24, 2.45) is 0 Å². The molecule has 0 radical (unpaired) electrons. The molecule has 6 heteroatoms. The molecule has 1 N–H and O–H groups in total. The predicted molar refractivity (Wildman–Crippen MR) is 132 cm³/mol. The van der Waals surface area contributed by atoms with E-state index >= 15 is 0 Å². The zero-order valence-corrected chi connectivity index (χ0v) is 19.5. The summed E-state index contributed by atoms with van der Waals surface area (Å²) in [5.74, 6) is 0.475. The lowest BCUT2D eigenvalue weighted by molar-refractivity contribution is -0.144. The quantitative estimate of drug-likeness (QED) is 0.388. The highest BCUT2D eigenvalue weighted by atomic mass is 16.5. The first-order valence-corrected chi connectivity index (χ1v) is 11.6. The average molecular weight is 457 g/mol. The first-order valence-electron chi connectivity index (χ1n) is 11.6. The molecule has 34 heavy (non-hydrogen) atoms. The van der Waals surface area contributed by atoms with Gasteiger partial charge in [-0.1, -0.05) is 48.9 Å². The van der Waals surface area contributed by atoms with E-state index in [-0.39, 0.29) is 0 Å². The van der Waals surface area contributed by atoms with Crippen LogP contribution >= 0.6 is 0 Å². The number of aliphatic carboxylic acids is 1. The summed E-state index contributed by atoms with van der Waals surface area (Å²) in [6.45, 7) is 3.34. The summed E-state index contributed by atoms with van der Waals surface area (Å²) in [5.41, 5.74) is 6.63. The van der Waals surface area contributed by atoms with Crippen LogP contribution < -0.4 is 4.74 Å². The monoisotopic (exact) mass is 456 g/mol. The molecule has 0 spiro atoms. The fraction of sp³-hybridized carbons (Fsp3) is 0.286. The molecule has 0 saturated carbocycles. The zero-order chi connectivity index (χ0) is 23.7. The van der Waals surface area contributed by atoms with Gasteiger partial charge in [0.2, 0.25) is 5.89 Å². The lowest BCUT2D eigenvalue weighted by atomic mass is 9.96. The Balaban J connectivity index is 1.52. The van der Waals surface area contributed by atoms with Crippen LogP contribution in [-0.4, -0.2) is 40.7 Å². The van der Waals surface area contributed by atoms with E-state index in [9.17, 15) is 9.90 Å². The second-order valence-electron chi connectivity index (χ2n) is 8.82. The third-order valence-corrected chi connectivity index (χ3v) is 6.71. The minimum Gasteiger partial charge on any atom is -0.496 e. The van der Waals surface area contributed by atoms with E-state index in [4.69, 9.17) is 14.1 Å². The molecule has 1 saturated heterocycles. The van der Waals surface area contributed by atoms with Crippen molar-refractivity contribution in [3.63, 3.8) is 0 Å². The molecule has 3 aromatic carbocycles. The molecule has 1 atom stereocenters. The predicted octanol–water partition coefficient (Wildman–Crippen LogP) is 5.92. The number of carboxylic acid groups (broad SMARTS) is 1. The lowest BCUT2D eigenvalue weighted by Crippen LogP contribution is -2.44. The Kier molecular flexibility index (Phi) is 6.07. The Labute approximate surface area is 198 Å². The average Bonchev–Trinajstić information content (AvgIpc) is 3.27. The van der Waals surface area contributed by atoms with Crippen LogP contribution in [0.3, 0.4) is 0 Å². The van der Waals surface area contributed by atoms with Crippen LogP contribution in [0.4, 0.5) is 0 Å². The second-order valence-corrected chi connectivity index (χ2v) is 8.82. The largest absolute Gasteiger partial charge is 0.496 e. The maximum Gasteiger partial charge on any atom is 0.320 e. The summed E-state index contributed by atoms with van der Waals surface area (Å²) >= 11 is 0. The van der Waals surface area contributed by atoms with Crippen LogP contribution in [0.25, 0.3) is 33.7 Å². The van der Waals surface area contributed by atoms with Gasteiger partial charge in [0.1, 0.15) is 17.3 Å². The van der Waals surface area contributed by atoms with E-state index in [1.807, 2.05) is 47.4 Å². The molecular formula is C28H28N2O4. The second kappa shape index (κ2) is 9.31. The van der Waals surface area contributed by atoms with E-state index < -0.39 is 12.0 Å². The molecule has 5 rings (SSSR count). The number of benzene rings is 3. The van der Waals surface area contributed by atoms with Gasteiger partial charge in [-0.2, -0.15) is 0 Å². The van der Waals surface area contributed by atoms with Gasteiger partial charge < -0.3 is 14.3 Å². The van der Waals surface area contributed by atoms with Crippen LogP contribution in [-0.2, 0) is 11.3 Å². The summed E-state index contributed by atoms with van der Waals surface area (Å²) in [6, 6.07) is 19.8. The number of likely N-dealkylation sites (tertiary alicyclic amines) is 1. The normalized spacial score (nSPS) is 16.6. The van der Waals surface area contributed by atoms with Gasteiger partial charge in [-0.05, 0) is 55.1 Å². The fourth-order valence-corrected chi connectivity index (χ4v) is 4.90. The maximum absolute atomic E-state index is 11.7. The third-order valence-electron chi connectivity index (χ3n) is 6.71. The number of hydrogen-bond acceptors (Lipinski definition) is 5. The Hall–Kier alpha value is -3.64. The van der Waals surface area contributed by atoms with Crippen LogP contribution in [0.2, 0.25) is 0 Å². The van der Waals surface area contributed by atoms with Crippen molar-refractivity contribution in [1.29, 1.82) is 0 Å². The molecular weight excluding hydrogens is 428 g/mol. The fourth-order valence-electron chi connectivity index (χ4n) is 4.90. The number of hydrogen-bond donors (Lipinski definition) is 1. The van der Waals surface area contributed by atoms with Gasteiger partial charge in [-0.15, -0.1) is 0 Å². The molecule has 1 unspecified atom stereocenters. The van der Waals surface area contributed by atoms with Crippen molar-refractivity contribution < 1.29 is 19.1 Å². The summed E-state index contributed by atoms with van der Waals surface area (Å²) in [6.07, 6.45) is 2.61. The number of oxazole rings is 1. The van der Waals surface area contributed by atoms with Gasteiger partial charge >= 0.3 is 5.97 Å². The minimum atomic E-state index is -0.766. The van der Waals surface area contributed by atoms with Crippen molar-refractivity contribution in [2.75, 3.05) is 13.7 Å². The van der Waals surface area contributed by atoms with Gasteiger partial charge in [0.25, 0.3) is 0 Å². The third kappa shape index (κ3) is 4.17. The van der Waals surface area contributed by atoms with Crippen molar-refractivity contribution >= 4 is 17.1 Å². The molecule has 4 aromatic rings. The number of methoxy groups -OCH3 is 1. The van der Waals surface area contributed by atoms with E-state index in [1.54, 1.807) is 7.11 Å². The molecule has 1 aliphatic heterocycles. The molecule has 0 bridgehead atoms. The molecule has 1 fully saturated rings. The summed E-state index contributed by atoms with van der Waals surface area (Å²) in [4.78, 5) is 18.6. The molecule has 0 aliphatic carbocycles. The summed E-state index contributed by atoms with van der Waals surface area (Å²) in [5, 5.41) is 9.64. The van der Waals surface area contributed by atoms with Crippen molar-refractivity contribution in [3.8, 4) is 28.3 Å². The van der Waals surface area contributed by atoms with Crippen molar-refractivity contribution in [2.45, 2.75) is 38.8 Å². The lowest BCUT2D eigenvalue weighted by Gasteiger charge is -2.33. The molecule has 2 heterocycles. The van der Waals surface area contributed by atoms with Gasteiger partial charge in [-0.3, -0.25) is 9.69 Å². The van der Waals surface area contributed by atoms with Crippen molar-refractivity contribution in [3.05, 3.63) is 71.8 Å². The highest BCUT2D eigenvalue weighted by Gasteiger charge is 2.29. The number of fused-ring (bicyclic) bond motifs is 1. The minimum absolute atomic E-state index is 0.467. The Morgan fingerprint density at radius 3 is 2.68 bits per heavy atom. The van der Waals surface area contributed by atoms with Gasteiger partial charge in [0.15, 0.2) is 5.58 Å². The highest BCUT2D eigenvalue weighted by Crippen LogP contribution is 2.35. The highest BCUT2D eigenvalue weighted by molar-refractivity contribution is 5.82. The van der Waals surface area contributed by atoms with Crippen LogP contribution in [0.5, 0.6) is 5.75 Å². The standard InChI is InChI=1S/C28H28N2O4/c1-18-21(19-9-4-3-5-10-19)11-8-12-22(18)27-29-23-15-20(25(33-2)16-26(23)34-27)17-30-14-7-6-13-24(30)28(31)32/h3-5,8-12,15-16,24H,6-7,13-14,17H2,1-2H3,(H,31,32). The van der Waals surface area contributed by atoms with E-state index in [2.05, 4.69) is 25.1 Å². The number of piperidine rings is 1. The first-order chi connectivity index (χ1) is 16.5. The number of ether oxygens (including phenoxy) is 1. The van der Waals surface area contributed by atoms with Crippen LogP contribution in [0.15, 0.2) is 65.1 Å². The SMILES string of the molecule is COc1cc2oc(-c3cccc(-c4ccccc4)c3C)nc2cc1CN1CCCCC1C(=O)O. The Bertz CT molecular complexity index is 1330. The topological polar surface area (TPSA) is 75.8 Å². The number of carboxylic acids is 1. The molecule has 1 aromatic heterocycles. The Morgan fingerprint density at radius 1 is 1.12 bits per heavy atom. The number of aromatic nitrogens is 1. The van der Waals surface area contributed by atoms with Crippen LogP contribution in [0.1, 0.15) is 30.4 Å². The smallest absolute Gasteiger partial charge is 0.320 e. The maximum atomic E-state index is 11.7. The molecule has 1 aliphatic rings. The summed E-state index contributed by atoms with van der Waals surface area (Å²) < 4.78 is 11.8. The van der Waals surface area contributed by atoms with Gasteiger partial charge in [0.05, 0.1) is 7.11 Å². The van der Waals surface area contributed by atoms with E-state index in [1.165, 1.54) is 0 Å². The molecule has 174 valence electrons. The number of nitrogens with zero attached hydrogens (tertiary/aromatic N) is 2. The number of rotatable bonds is 6. The van der Waals surface area contributed by atoms with E-state index in [0.717, 1.165) is 52.7 Å². The summed E-state index contributed by atoms with van der Waals surface area (Å²) in [7, 11) is 1.63. The van der Waals surface area contributed by atoms with Gasteiger partial charge in [0, 0.05) is 23.7 Å². The molecule has 6 nitrogen and oxygen atoms in total. The van der Waals surface area contributed by atoms with Crippen LogP contribution in [0, 0.1) is 6.92 Å². The molecule has 0 amide bonds. The Morgan fingerprint density at radius 2 is 1.91 bits per heavy atom.